The zero-order valence-corrected chi connectivity index (χ0v) is 53.0. The molecule has 0 fully saturated rings. The SMILES string of the molecule is COc1ccc(-c2ccc(Oc3ccc(S(=O)(=O)c4ccc(C)cc4)cc3)cc2)cc1.COc1ccc(Oc2ccc(S(=O)(=O)c3ccc(C)cc3)cc2)cc1.COc1ccc(S(=O)(=O)c2ccc(Oc3ccc(S(=O)(=O)c4ccc(C)cc4)cc3)cc2)cc1. The standard InChI is InChI=1S/C26H22O6S2.C26H22O4S.C20H18O4S/c1-19-3-11-23(12-4-19)33(27,28)25-15-7-21(8-16-25)32-22-9-17-26(18-10-22)34(29,30)24-13-5-20(31-2)6-14-24;1-19-3-15-25(16-4-19)31(27,28)26-17-13-24(14-18-26)30-23-11-7-21(8-12-23)20-5-9-22(29-2)10-6-20;1-15-3-11-19(12-4-15)25(21,22)20-13-9-18(10-14-20)24-17-7-5-16(23-2)6-8-17/h3-18H,1-2H3;3-18H,1-2H3;3-14H,1-2H3. The third kappa shape index (κ3) is 16.0. The van der Waals surface area contributed by atoms with Gasteiger partial charge in [0.25, 0.3) is 0 Å². The van der Waals surface area contributed by atoms with Gasteiger partial charge < -0.3 is 28.4 Å². The summed E-state index contributed by atoms with van der Waals surface area (Å²) in [5.74, 6) is 5.43. The predicted molar refractivity (Wildman–Crippen MR) is 346 cm³/mol. The maximum absolute atomic E-state index is 12.8. The molecule has 458 valence electrons. The van der Waals surface area contributed by atoms with Crippen molar-refractivity contribution in [2.24, 2.45) is 0 Å². The summed E-state index contributed by atoms with van der Waals surface area (Å²) in [6.07, 6.45) is 0. The van der Waals surface area contributed by atoms with Crippen molar-refractivity contribution < 1.29 is 62.1 Å². The Morgan fingerprint density at radius 1 is 0.189 bits per heavy atom. The summed E-state index contributed by atoms with van der Waals surface area (Å²) in [6, 6.07) is 74.2. The van der Waals surface area contributed by atoms with Gasteiger partial charge in [-0.3, -0.25) is 0 Å². The van der Waals surface area contributed by atoms with Gasteiger partial charge in [0.2, 0.25) is 39.3 Å². The molecule has 0 heterocycles. The molecular formula is C72H62O14S4. The highest BCUT2D eigenvalue weighted by molar-refractivity contribution is 7.92. The van der Waals surface area contributed by atoms with Crippen LogP contribution in [0.3, 0.4) is 0 Å². The second-order valence-electron chi connectivity index (χ2n) is 20.2. The normalized spacial score (nSPS) is 11.4. The molecular weight excluding hydrogens is 1220 g/mol. The minimum absolute atomic E-state index is 0.129. The largest absolute Gasteiger partial charge is 0.497 e. The first-order valence-corrected chi connectivity index (χ1v) is 33.7. The average molecular weight is 1280 g/mol. The molecule has 11 aromatic carbocycles. The summed E-state index contributed by atoms with van der Waals surface area (Å²) >= 11 is 0. The molecule has 0 amide bonds. The smallest absolute Gasteiger partial charge is 0.206 e. The molecule has 0 aliphatic rings. The first-order valence-electron chi connectivity index (χ1n) is 27.8. The Kier molecular flexibility index (Phi) is 20.4. The molecule has 18 heteroatoms. The average Bonchev–Trinajstić information content (AvgIpc) is 1.91. The molecule has 0 aliphatic heterocycles. The van der Waals surface area contributed by atoms with E-state index in [1.165, 1.54) is 43.5 Å². The number of aryl methyl sites for hydroxylation is 3. The molecule has 0 saturated heterocycles. The van der Waals surface area contributed by atoms with Crippen LogP contribution < -0.4 is 28.4 Å². The summed E-state index contributed by atoms with van der Waals surface area (Å²) in [4.78, 5) is 1.70. The summed E-state index contributed by atoms with van der Waals surface area (Å²) < 4.78 is 135. The van der Waals surface area contributed by atoms with Crippen LogP contribution in [0.15, 0.2) is 306 Å². The Hall–Kier alpha value is -9.98. The minimum Gasteiger partial charge on any atom is -0.497 e. The van der Waals surface area contributed by atoms with E-state index >= 15 is 0 Å². The highest BCUT2D eigenvalue weighted by Crippen LogP contribution is 2.33. The van der Waals surface area contributed by atoms with Gasteiger partial charge in [0.15, 0.2) is 0 Å². The van der Waals surface area contributed by atoms with E-state index in [1.54, 1.807) is 196 Å². The first kappa shape index (κ1) is 64.5. The van der Waals surface area contributed by atoms with Gasteiger partial charge >= 0.3 is 0 Å². The molecule has 0 aromatic heterocycles. The van der Waals surface area contributed by atoms with Crippen LogP contribution in [0.5, 0.6) is 51.7 Å². The fraction of sp³-hybridized carbons (Fsp3) is 0.0833. The van der Waals surface area contributed by atoms with Crippen LogP contribution in [0.2, 0.25) is 0 Å². The molecule has 11 rings (SSSR count). The first-order chi connectivity index (χ1) is 43.1. The Balaban J connectivity index is 0.000000162. The van der Waals surface area contributed by atoms with Crippen LogP contribution in [0.25, 0.3) is 11.1 Å². The predicted octanol–water partition coefficient (Wildman–Crippen LogP) is 16.4. The topological polar surface area (TPSA) is 192 Å². The van der Waals surface area contributed by atoms with Crippen molar-refractivity contribution in [3.63, 3.8) is 0 Å². The van der Waals surface area contributed by atoms with E-state index in [0.717, 1.165) is 39.3 Å². The van der Waals surface area contributed by atoms with Crippen molar-refractivity contribution >= 4 is 39.3 Å². The molecule has 0 bridgehead atoms. The van der Waals surface area contributed by atoms with Gasteiger partial charge in [-0.15, -0.1) is 0 Å². The van der Waals surface area contributed by atoms with Gasteiger partial charge in [0.1, 0.15) is 51.7 Å². The monoisotopic (exact) mass is 1280 g/mol. The molecule has 11 aromatic rings. The molecule has 0 aliphatic carbocycles. The van der Waals surface area contributed by atoms with Crippen LogP contribution in [-0.2, 0) is 39.3 Å². The Morgan fingerprint density at radius 2 is 0.322 bits per heavy atom. The van der Waals surface area contributed by atoms with Gasteiger partial charge in [0.05, 0.1) is 60.5 Å². The molecule has 0 unspecified atom stereocenters. The van der Waals surface area contributed by atoms with Crippen LogP contribution in [-0.4, -0.2) is 55.0 Å². The quantitative estimate of drug-likeness (QED) is 0.0788. The van der Waals surface area contributed by atoms with Crippen LogP contribution in [0.1, 0.15) is 16.7 Å². The third-order valence-corrected chi connectivity index (χ3v) is 21.1. The Bertz CT molecular complexity index is 4650. The number of sulfone groups is 4. The number of hydrogen-bond acceptors (Lipinski definition) is 14. The number of ether oxygens (including phenoxy) is 6. The maximum Gasteiger partial charge on any atom is 0.206 e. The third-order valence-electron chi connectivity index (χ3n) is 13.9. The molecule has 14 nitrogen and oxygen atoms in total. The van der Waals surface area contributed by atoms with E-state index in [1.807, 2.05) is 69.3 Å². The summed E-state index contributed by atoms with van der Waals surface area (Å²) in [5.41, 5.74) is 5.15. The van der Waals surface area contributed by atoms with Gasteiger partial charge in [-0.2, -0.15) is 0 Å². The number of methoxy groups -OCH3 is 3. The van der Waals surface area contributed by atoms with Gasteiger partial charge in [-0.1, -0.05) is 77.4 Å². The van der Waals surface area contributed by atoms with E-state index in [-0.39, 0.29) is 39.2 Å². The fourth-order valence-electron chi connectivity index (χ4n) is 8.75. The van der Waals surface area contributed by atoms with Crippen LogP contribution in [0, 0.1) is 20.8 Å². The van der Waals surface area contributed by atoms with Crippen molar-refractivity contribution in [3.05, 3.63) is 284 Å². The number of rotatable bonds is 18. The van der Waals surface area contributed by atoms with Crippen molar-refractivity contribution in [2.75, 3.05) is 21.3 Å². The van der Waals surface area contributed by atoms with E-state index in [2.05, 4.69) is 0 Å². The lowest BCUT2D eigenvalue weighted by molar-refractivity contribution is 0.413. The Morgan fingerprint density at radius 3 is 0.511 bits per heavy atom. The summed E-state index contributed by atoms with van der Waals surface area (Å²) in [5, 5.41) is 0. The van der Waals surface area contributed by atoms with Gasteiger partial charge in [-0.25, -0.2) is 33.7 Å². The lowest BCUT2D eigenvalue weighted by atomic mass is 10.1. The fourth-order valence-corrected chi connectivity index (χ4v) is 13.8. The molecule has 0 atom stereocenters. The summed E-state index contributed by atoms with van der Waals surface area (Å²) in [6.45, 7) is 5.73. The second-order valence-corrected chi connectivity index (χ2v) is 28.0. The molecule has 0 saturated carbocycles. The lowest BCUT2D eigenvalue weighted by Crippen LogP contribution is -2.02. The van der Waals surface area contributed by atoms with Gasteiger partial charge in [-0.05, 0) is 238 Å². The van der Waals surface area contributed by atoms with Crippen LogP contribution in [0.4, 0.5) is 0 Å². The maximum atomic E-state index is 12.8. The van der Waals surface area contributed by atoms with Crippen molar-refractivity contribution in [1.29, 1.82) is 0 Å². The minimum atomic E-state index is -3.68. The number of benzene rings is 11. The highest BCUT2D eigenvalue weighted by Gasteiger charge is 2.22. The Labute approximate surface area is 525 Å². The lowest BCUT2D eigenvalue weighted by Gasteiger charge is -2.09. The zero-order valence-electron chi connectivity index (χ0n) is 49.8. The summed E-state index contributed by atoms with van der Waals surface area (Å²) in [7, 11) is -9.63. The van der Waals surface area contributed by atoms with E-state index < -0.39 is 39.3 Å². The molecule has 0 spiro atoms. The molecule has 90 heavy (non-hydrogen) atoms. The van der Waals surface area contributed by atoms with Gasteiger partial charge in [0, 0.05) is 0 Å². The van der Waals surface area contributed by atoms with E-state index in [0.29, 0.717) is 40.2 Å². The molecule has 0 N–H and O–H groups in total. The number of hydrogen-bond donors (Lipinski definition) is 0. The zero-order chi connectivity index (χ0) is 64.1. The molecule has 0 radical (unpaired) electrons. The van der Waals surface area contributed by atoms with Crippen molar-refractivity contribution in [2.45, 2.75) is 59.9 Å². The van der Waals surface area contributed by atoms with E-state index in [4.69, 9.17) is 28.4 Å². The van der Waals surface area contributed by atoms with E-state index in [9.17, 15) is 33.7 Å². The second kappa shape index (κ2) is 28.5. The van der Waals surface area contributed by atoms with Crippen molar-refractivity contribution in [1.82, 2.24) is 0 Å². The highest BCUT2D eigenvalue weighted by atomic mass is 32.2. The van der Waals surface area contributed by atoms with Crippen LogP contribution >= 0.6 is 0 Å². The van der Waals surface area contributed by atoms with Crippen molar-refractivity contribution in [3.8, 4) is 62.9 Å².